The third kappa shape index (κ3) is 0.990. The lowest BCUT2D eigenvalue weighted by atomic mass is 10.1. The van der Waals surface area contributed by atoms with Crippen molar-refractivity contribution in [2.24, 2.45) is 0 Å². The van der Waals surface area contributed by atoms with Crippen molar-refractivity contribution in [3.8, 4) is 17.2 Å². The third-order valence-corrected chi connectivity index (χ3v) is 1.99. The van der Waals surface area contributed by atoms with Crippen molar-refractivity contribution >= 4 is 10.8 Å². The molecule has 2 aromatic rings. The Morgan fingerprint density at radius 2 is 1.86 bits per heavy atom. The van der Waals surface area contributed by atoms with Crippen molar-refractivity contribution in [1.29, 1.82) is 0 Å². The highest BCUT2D eigenvalue weighted by molar-refractivity contribution is 5.91. The van der Waals surface area contributed by atoms with Gasteiger partial charge in [-0.2, -0.15) is 0 Å². The Morgan fingerprint density at radius 1 is 1.14 bits per heavy atom. The molecule has 0 aliphatic rings. The van der Waals surface area contributed by atoms with Crippen LogP contribution in [0, 0.1) is 0 Å². The van der Waals surface area contributed by atoms with E-state index in [4.69, 9.17) is 5.11 Å². The van der Waals surface area contributed by atoms with Gasteiger partial charge < -0.3 is 20.3 Å². The number of phenolic OH excluding ortho intramolecular Hbond substituents is 3. The fourth-order valence-electron chi connectivity index (χ4n) is 1.31. The number of hydrogen-bond acceptors (Lipinski definition) is 4. The minimum absolute atomic E-state index is 0.0391. The number of H-pyrrole nitrogens is 1. The number of aromatic nitrogens is 1. The summed E-state index contributed by atoms with van der Waals surface area (Å²) in [5, 5.41) is 28.1. The van der Waals surface area contributed by atoms with Gasteiger partial charge in [-0.25, -0.2) is 0 Å². The molecule has 14 heavy (non-hydrogen) atoms. The number of hydrogen-bond donors (Lipinski definition) is 4. The van der Waals surface area contributed by atoms with Crippen LogP contribution < -0.4 is 5.56 Å². The van der Waals surface area contributed by atoms with Crippen LogP contribution in [0.2, 0.25) is 0 Å². The first-order chi connectivity index (χ1) is 6.61. The highest BCUT2D eigenvalue weighted by Crippen LogP contribution is 2.39. The van der Waals surface area contributed by atoms with Gasteiger partial charge in [0.05, 0.1) is 5.39 Å². The van der Waals surface area contributed by atoms with Gasteiger partial charge in [0, 0.05) is 6.20 Å². The summed E-state index contributed by atoms with van der Waals surface area (Å²) in [6, 6.07) is 2.72. The van der Waals surface area contributed by atoms with Crippen molar-refractivity contribution in [1.82, 2.24) is 4.98 Å². The molecule has 0 amide bonds. The minimum Gasteiger partial charge on any atom is -0.504 e. The van der Waals surface area contributed by atoms with Gasteiger partial charge >= 0.3 is 0 Å². The number of fused-ring (bicyclic) bond motifs is 1. The molecule has 0 aliphatic carbocycles. The molecule has 0 unspecified atom stereocenters. The smallest absolute Gasteiger partial charge is 0.259 e. The second-order valence-electron chi connectivity index (χ2n) is 2.86. The van der Waals surface area contributed by atoms with E-state index in [9.17, 15) is 15.0 Å². The summed E-state index contributed by atoms with van der Waals surface area (Å²) in [4.78, 5) is 13.6. The highest BCUT2D eigenvalue weighted by Gasteiger charge is 2.13. The number of pyridine rings is 1. The minimum atomic E-state index is -0.686. The second-order valence-corrected chi connectivity index (χ2v) is 2.86. The average Bonchev–Trinajstić information content (AvgIpc) is 2.14. The largest absolute Gasteiger partial charge is 0.504 e. The molecule has 0 fully saturated rings. The van der Waals surface area contributed by atoms with E-state index in [2.05, 4.69) is 4.98 Å². The summed E-state index contributed by atoms with van der Waals surface area (Å²) < 4.78 is 0. The lowest BCUT2D eigenvalue weighted by Gasteiger charge is -2.03. The zero-order valence-electron chi connectivity index (χ0n) is 6.98. The van der Waals surface area contributed by atoms with Crippen molar-refractivity contribution in [3.05, 3.63) is 28.7 Å². The first kappa shape index (κ1) is 8.43. The van der Waals surface area contributed by atoms with Crippen LogP contribution in [0.4, 0.5) is 0 Å². The first-order valence-corrected chi connectivity index (χ1v) is 3.86. The van der Waals surface area contributed by atoms with Gasteiger partial charge in [-0.3, -0.25) is 4.79 Å². The van der Waals surface area contributed by atoms with Gasteiger partial charge in [0.2, 0.25) is 5.75 Å². The predicted molar refractivity (Wildman–Crippen MR) is 49.6 cm³/mol. The molecule has 2 rings (SSSR count). The van der Waals surface area contributed by atoms with Crippen LogP contribution in [0.5, 0.6) is 17.2 Å². The van der Waals surface area contributed by atoms with E-state index in [0.717, 1.165) is 0 Å². The fourth-order valence-corrected chi connectivity index (χ4v) is 1.31. The Labute approximate surface area is 77.9 Å². The Hall–Kier alpha value is -2.17. The van der Waals surface area contributed by atoms with Crippen LogP contribution in [0.1, 0.15) is 0 Å². The van der Waals surface area contributed by atoms with Crippen molar-refractivity contribution < 1.29 is 15.3 Å². The van der Waals surface area contributed by atoms with Crippen LogP contribution in [-0.4, -0.2) is 20.3 Å². The standard InChI is InChI=1S/C9H7NO4/c11-5-3-4-1-2-10-9(14)6(4)8(13)7(5)12/h1-3,11-13H,(H,10,14). The van der Waals surface area contributed by atoms with E-state index in [1.165, 1.54) is 18.3 Å². The molecular weight excluding hydrogens is 186 g/mol. The monoisotopic (exact) mass is 193 g/mol. The van der Waals surface area contributed by atoms with Gasteiger partial charge in [0.15, 0.2) is 11.5 Å². The molecule has 0 saturated heterocycles. The van der Waals surface area contributed by atoms with Gasteiger partial charge in [0.1, 0.15) is 0 Å². The van der Waals surface area contributed by atoms with E-state index in [-0.39, 0.29) is 5.39 Å². The maximum absolute atomic E-state index is 11.3. The Morgan fingerprint density at radius 3 is 2.57 bits per heavy atom. The maximum atomic E-state index is 11.3. The first-order valence-electron chi connectivity index (χ1n) is 3.86. The molecule has 1 aromatic heterocycles. The number of phenols is 3. The molecule has 1 aromatic carbocycles. The van der Waals surface area contributed by atoms with E-state index in [1.807, 2.05) is 0 Å². The number of rotatable bonds is 0. The van der Waals surface area contributed by atoms with Crippen molar-refractivity contribution in [2.75, 3.05) is 0 Å². The Balaban J connectivity index is 3.07. The molecule has 0 spiro atoms. The van der Waals surface area contributed by atoms with E-state index < -0.39 is 22.8 Å². The van der Waals surface area contributed by atoms with Gasteiger partial charge in [-0.1, -0.05) is 0 Å². The number of benzene rings is 1. The molecular formula is C9H7NO4. The fraction of sp³-hybridized carbons (Fsp3) is 0. The lowest BCUT2D eigenvalue weighted by molar-refractivity contribution is 0.371. The summed E-state index contributed by atoms with van der Waals surface area (Å²) in [6.45, 7) is 0. The molecule has 0 atom stereocenters. The van der Waals surface area contributed by atoms with Crippen LogP contribution in [-0.2, 0) is 0 Å². The molecule has 72 valence electrons. The summed E-state index contributed by atoms with van der Waals surface area (Å²) in [7, 11) is 0. The highest BCUT2D eigenvalue weighted by atomic mass is 16.3. The predicted octanol–water partition coefficient (Wildman–Crippen LogP) is 0.645. The summed E-state index contributed by atoms with van der Waals surface area (Å²) >= 11 is 0. The number of aromatic hydroxyl groups is 3. The topological polar surface area (TPSA) is 93.6 Å². The van der Waals surface area contributed by atoms with Crippen molar-refractivity contribution in [3.63, 3.8) is 0 Å². The molecule has 5 heteroatoms. The second kappa shape index (κ2) is 2.66. The summed E-state index contributed by atoms with van der Waals surface area (Å²) in [5.41, 5.74) is -0.518. The number of aromatic amines is 1. The molecule has 1 heterocycles. The lowest BCUT2D eigenvalue weighted by Crippen LogP contribution is -2.04. The Bertz CT molecular complexity index is 558. The molecule has 0 saturated carbocycles. The maximum Gasteiger partial charge on any atom is 0.259 e. The van der Waals surface area contributed by atoms with Crippen LogP contribution in [0.3, 0.4) is 0 Å². The van der Waals surface area contributed by atoms with Crippen LogP contribution >= 0.6 is 0 Å². The van der Waals surface area contributed by atoms with E-state index >= 15 is 0 Å². The van der Waals surface area contributed by atoms with Crippen molar-refractivity contribution in [2.45, 2.75) is 0 Å². The zero-order valence-corrected chi connectivity index (χ0v) is 6.98. The molecule has 4 N–H and O–H groups in total. The van der Waals surface area contributed by atoms with E-state index in [1.54, 1.807) is 0 Å². The third-order valence-electron chi connectivity index (χ3n) is 1.99. The normalized spacial score (nSPS) is 10.6. The molecule has 5 nitrogen and oxygen atoms in total. The quantitative estimate of drug-likeness (QED) is 0.462. The zero-order chi connectivity index (χ0) is 10.3. The van der Waals surface area contributed by atoms with Gasteiger partial charge in [0.25, 0.3) is 5.56 Å². The molecule has 0 aliphatic heterocycles. The Kier molecular flexibility index (Phi) is 1.60. The van der Waals surface area contributed by atoms with E-state index in [0.29, 0.717) is 5.39 Å². The number of nitrogens with one attached hydrogen (secondary N) is 1. The molecule has 0 bridgehead atoms. The average molecular weight is 193 g/mol. The van der Waals surface area contributed by atoms with Gasteiger partial charge in [-0.05, 0) is 17.5 Å². The van der Waals surface area contributed by atoms with Gasteiger partial charge in [-0.15, -0.1) is 0 Å². The molecule has 0 radical (unpaired) electrons. The SMILES string of the molecule is O=c1[nH]ccc2cc(O)c(O)c(O)c12. The summed E-state index contributed by atoms with van der Waals surface area (Å²) in [6.07, 6.45) is 1.39. The summed E-state index contributed by atoms with van der Waals surface area (Å²) in [5.74, 6) is -1.75. The van der Waals surface area contributed by atoms with Crippen LogP contribution in [0.25, 0.3) is 10.8 Å². The van der Waals surface area contributed by atoms with Crippen LogP contribution in [0.15, 0.2) is 23.1 Å².